The average Bonchev–Trinajstić information content (AvgIpc) is 2.84. The lowest BCUT2D eigenvalue weighted by atomic mass is 10.1. The number of hydrogen-bond acceptors (Lipinski definition) is 7. The first-order chi connectivity index (χ1) is 16.0. The van der Waals surface area contributed by atoms with E-state index >= 15 is 0 Å². The van der Waals surface area contributed by atoms with Crippen LogP contribution in [0, 0.1) is 0 Å². The second-order valence-electron chi connectivity index (χ2n) is 7.28. The van der Waals surface area contributed by atoms with Crippen molar-refractivity contribution in [2.24, 2.45) is 0 Å². The van der Waals surface area contributed by atoms with E-state index in [0.29, 0.717) is 35.1 Å². The Hall–Kier alpha value is -3.55. The third-order valence-electron chi connectivity index (χ3n) is 4.80. The van der Waals surface area contributed by atoms with Gasteiger partial charge in [-0.05, 0) is 42.8 Å². The van der Waals surface area contributed by atoms with Crippen LogP contribution in [-0.2, 0) is 14.3 Å². The predicted molar refractivity (Wildman–Crippen MR) is 124 cm³/mol. The third-order valence-corrected chi connectivity index (χ3v) is 4.80. The highest BCUT2D eigenvalue weighted by Gasteiger charge is 2.14. The lowest BCUT2D eigenvalue weighted by Crippen LogP contribution is -2.21. The Bertz CT molecular complexity index is 925. The zero-order valence-corrected chi connectivity index (χ0v) is 19.3. The molecule has 2 aromatic rings. The van der Waals surface area contributed by atoms with E-state index in [1.165, 1.54) is 14.2 Å². The summed E-state index contributed by atoms with van der Waals surface area (Å²) in [6.45, 7) is 2.31. The molecule has 0 atom stereocenters. The normalized spacial score (nSPS) is 10.3. The van der Waals surface area contributed by atoms with Crippen molar-refractivity contribution < 1.29 is 33.3 Å². The van der Waals surface area contributed by atoms with Crippen molar-refractivity contribution in [1.29, 1.82) is 0 Å². The summed E-state index contributed by atoms with van der Waals surface area (Å²) >= 11 is 0. The Morgan fingerprint density at radius 2 is 1.61 bits per heavy atom. The minimum atomic E-state index is -0.629. The molecule has 0 radical (unpaired) electrons. The molecule has 0 heterocycles. The topological polar surface area (TPSA) is 100 Å². The molecule has 0 saturated carbocycles. The molecule has 0 aliphatic rings. The van der Waals surface area contributed by atoms with Crippen molar-refractivity contribution in [3.8, 4) is 17.2 Å². The number of amides is 1. The van der Waals surface area contributed by atoms with Crippen LogP contribution < -0.4 is 19.5 Å². The van der Waals surface area contributed by atoms with Crippen molar-refractivity contribution in [1.82, 2.24) is 0 Å². The lowest BCUT2D eigenvalue weighted by Gasteiger charge is -2.11. The van der Waals surface area contributed by atoms with Crippen LogP contribution in [0.2, 0.25) is 0 Å². The number of nitrogens with one attached hydrogen (secondary N) is 1. The van der Waals surface area contributed by atoms with Crippen molar-refractivity contribution in [3.63, 3.8) is 0 Å². The van der Waals surface area contributed by atoms with Gasteiger partial charge in [0, 0.05) is 18.1 Å². The van der Waals surface area contributed by atoms with E-state index in [1.807, 2.05) is 0 Å². The molecule has 0 saturated heterocycles. The van der Waals surface area contributed by atoms with Crippen molar-refractivity contribution >= 4 is 23.3 Å². The number of methoxy groups -OCH3 is 2. The monoisotopic (exact) mass is 457 g/mol. The number of esters is 1. The van der Waals surface area contributed by atoms with Crippen LogP contribution in [0.15, 0.2) is 42.5 Å². The number of benzene rings is 2. The van der Waals surface area contributed by atoms with E-state index in [-0.39, 0.29) is 18.6 Å². The number of ether oxygens (including phenoxy) is 4. The molecule has 2 rings (SSSR count). The maximum atomic E-state index is 12.3. The highest BCUT2D eigenvalue weighted by Crippen LogP contribution is 2.28. The van der Waals surface area contributed by atoms with Crippen LogP contribution in [0.5, 0.6) is 17.2 Å². The van der Waals surface area contributed by atoms with Gasteiger partial charge in [-0.2, -0.15) is 0 Å². The fourth-order valence-corrected chi connectivity index (χ4v) is 2.95. The number of carbonyl (C=O) groups excluding carboxylic acids is 3. The summed E-state index contributed by atoms with van der Waals surface area (Å²) in [5, 5.41) is 2.61. The highest BCUT2D eigenvalue weighted by molar-refractivity contribution is 5.98. The highest BCUT2D eigenvalue weighted by atomic mass is 16.5. The van der Waals surface area contributed by atoms with Crippen LogP contribution in [0.4, 0.5) is 5.69 Å². The number of carbonyl (C=O) groups is 3. The fourth-order valence-electron chi connectivity index (χ4n) is 2.95. The number of rotatable bonds is 14. The molecule has 33 heavy (non-hydrogen) atoms. The second kappa shape index (κ2) is 13.8. The fraction of sp³-hybridized carbons (Fsp3) is 0.400. The minimum absolute atomic E-state index is 0.0105. The first kappa shape index (κ1) is 25.7. The summed E-state index contributed by atoms with van der Waals surface area (Å²) in [6.07, 6.45) is 3.10. The van der Waals surface area contributed by atoms with E-state index in [2.05, 4.69) is 12.2 Å². The number of Topliss-reactive ketones (excluding diaryl/α,β-unsaturated/α-hetero) is 1. The molecular weight excluding hydrogens is 426 g/mol. The molecule has 2 aromatic carbocycles. The van der Waals surface area contributed by atoms with Crippen molar-refractivity contribution in [3.05, 3.63) is 48.0 Å². The summed E-state index contributed by atoms with van der Waals surface area (Å²) in [7, 11) is 2.99. The molecule has 1 N–H and O–H groups in total. The van der Waals surface area contributed by atoms with Gasteiger partial charge in [-0.3, -0.25) is 14.4 Å². The summed E-state index contributed by atoms with van der Waals surface area (Å²) < 4.78 is 20.9. The molecule has 0 bridgehead atoms. The van der Waals surface area contributed by atoms with Gasteiger partial charge in [-0.25, -0.2) is 0 Å². The first-order valence-corrected chi connectivity index (χ1v) is 10.9. The standard InChI is InChI=1S/C25H31NO7/c1-4-5-6-15-32-19-9-7-18(8-10-19)22(27)13-14-25(29)33-17-24(28)26-21-12-11-20(30-2)16-23(21)31-3/h7-12,16H,4-6,13-15,17H2,1-3H3,(H,26,28). The zero-order valence-electron chi connectivity index (χ0n) is 19.3. The van der Waals surface area contributed by atoms with E-state index in [1.54, 1.807) is 42.5 Å². The van der Waals surface area contributed by atoms with Crippen LogP contribution in [0.1, 0.15) is 49.4 Å². The molecule has 1 amide bonds. The molecule has 0 aliphatic heterocycles. The van der Waals surface area contributed by atoms with E-state index in [0.717, 1.165) is 19.3 Å². The number of anilines is 1. The largest absolute Gasteiger partial charge is 0.497 e. The second-order valence-corrected chi connectivity index (χ2v) is 7.28. The van der Waals surface area contributed by atoms with Gasteiger partial charge >= 0.3 is 5.97 Å². The zero-order chi connectivity index (χ0) is 24.1. The van der Waals surface area contributed by atoms with Gasteiger partial charge in [0.05, 0.1) is 32.9 Å². The van der Waals surface area contributed by atoms with Crippen LogP contribution >= 0.6 is 0 Å². The van der Waals surface area contributed by atoms with Crippen LogP contribution in [-0.4, -0.2) is 45.1 Å². The Labute approximate surface area is 194 Å². The summed E-state index contributed by atoms with van der Waals surface area (Å²) in [6, 6.07) is 11.8. The summed E-state index contributed by atoms with van der Waals surface area (Å²) in [5.74, 6) is 0.370. The molecule has 0 spiro atoms. The van der Waals surface area contributed by atoms with Crippen LogP contribution in [0.25, 0.3) is 0 Å². The smallest absolute Gasteiger partial charge is 0.306 e. The maximum Gasteiger partial charge on any atom is 0.306 e. The summed E-state index contributed by atoms with van der Waals surface area (Å²) in [5.41, 5.74) is 0.917. The predicted octanol–water partition coefficient (Wildman–Crippen LogP) is 4.42. The minimum Gasteiger partial charge on any atom is -0.497 e. The average molecular weight is 458 g/mol. The van der Waals surface area contributed by atoms with Gasteiger partial charge in [0.2, 0.25) is 0 Å². The van der Waals surface area contributed by atoms with E-state index in [9.17, 15) is 14.4 Å². The lowest BCUT2D eigenvalue weighted by molar-refractivity contribution is -0.147. The molecule has 8 nitrogen and oxygen atoms in total. The van der Waals surface area contributed by atoms with Gasteiger partial charge in [-0.15, -0.1) is 0 Å². The van der Waals surface area contributed by atoms with Gasteiger partial charge in [0.25, 0.3) is 5.91 Å². The Morgan fingerprint density at radius 1 is 0.879 bits per heavy atom. The van der Waals surface area contributed by atoms with Gasteiger partial charge in [0.1, 0.15) is 17.2 Å². The van der Waals surface area contributed by atoms with Gasteiger partial charge in [-0.1, -0.05) is 19.8 Å². The number of hydrogen-bond donors (Lipinski definition) is 1. The van der Waals surface area contributed by atoms with Crippen molar-refractivity contribution in [2.45, 2.75) is 39.0 Å². The third kappa shape index (κ3) is 8.84. The van der Waals surface area contributed by atoms with Crippen molar-refractivity contribution in [2.75, 3.05) is 32.8 Å². The molecule has 0 unspecified atom stereocenters. The molecule has 0 fully saturated rings. The van der Waals surface area contributed by atoms with Gasteiger partial charge in [0.15, 0.2) is 12.4 Å². The SMILES string of the molecule is CCCCCOc1ccc(C(=O)CCC(=O)OCC(=O)Nc2ccc(OC)cc2OC)cc1. The Kier molecular flexibility index (Phi) is 10.7. The molecule has 0 aliphatic carbocycles. The summed E-state index contributed by atoms with van der Waals surface area (Å²) in [4.78, 5) is 36.4. The number of unbranched alkanes of at least 4 members (excludes halogenated alkanes) is 2. The molecule has 178 valence electrons. The maximum absolute atomic E-state index is 12.3. The first-order valence-electron chi connectivity index (χ1n) is 10.9. The number of ketones is 1. The molecule has 0 aromatic heterocycles. The quantitative estimate of drug-likeness (QED) is 0.255. The Balaban J connectivity index is 1.73. The molecule has 8 heteroatoms. The Morgan fingerprint density at radius 3 is 2.27 bits per heavy atom. The van der Waals surface area contributed by atoms with E-state index < -0.39 is 18.5 Å². The van der Waals surface area contributed by atoms with Crippen LogP contribution in [0.3, 0.4) is 0 Å². The molecular formula is C25H31NO7. The van der Waals surface area contributed by atoms with Gasteiger partial charge < -0.3 is 24.3 Å². The van der Waals surface area contributed by atoms with E-state index in [4.69, 9.17) is 18.9 Å².